The van der Waals surface area contributed by atoms with Crippen molar-refractivity contribution < 1.29 is 9.59 Å². The van der Waals surface area contributed by atoms with E-state index in [2.05, 4.69) is 65.8 Å². The summed E-state index contributed by atoms with van der Waals surface area (Å²) in [5, 5.41) is 0. The molecular weight excluding hydrogens is 625 g/mol. The van der Waals surface area contributed by atoms with E-state index in [0.29, 0.717) is 11.8 Å². The van der Waals surface area contributed by atoms with Crippen LogP contribution in [0.4, 0.5) is 0 Å². The van der Waals surface area contributed by atoms with Crippen LogP contribution in [0.25, 0.3) is 0 Å². The number of carbonyl (C=O) groups is 2. The first-order chi connectivity index (χ1) is 25.0. The molecule has 0 aromatic rings. The quantitative estimate of drug-likeness (QED) is 0.0472. The highest BCUT2D eigenvalue weighted by Gasteiger charge is 2.25. The second-order valence-corrected chi connectivity index (χ2v) is 15.4. The Hall–Kier alpha value is -1.58. The van der Waals surface area contributed by atoms with Gasteiger partial charge in [0.15, 0.2) is 0 Å². The van der Waals surface area contributed by atoms with E-state index in [1.54, 1.807) is 0 Å². The number of carbonyl (C=O) groups excluding carboxylic acids is 2. The SMILES string of the molecule is CCCCCCCC/C=C\CCCCCCC(CCCC(CCCCCC/C=C\CCCCCCCC)C(=O)N(CC)CC)C(=O)N(CC)CC. The molecule has 4 nitrogen and oxygen atoms in total. The second-order valence-electron chi connectivity index (χ2n) is 15.4. The van der Waals surface area contributed by atoms with Crippen LogP contribution in [0.15, 0.2) is 24.3 Å². The monoisotopic (exact) mass is 715 g/mol. The van der Waals surface area contributed by atoms with Gasteiger partial charge in [-0.25, -0.2) is 0 Å². The molecule has 51 heavy (non-hydrogen) atoms. The summed E-state index contributed by atoms with van der Waals surface area (Å²) in [5.41, 5.74) is 0. The van der Waals surface area contributed by atoms with Gasteiger partial charge in [0, 0.05) is 38.0 Å². The van der Waals surface area contributed by atoms with Gasteiger partial charge in [0.25, 0.3) is 0 Å². The average Bonchev–Trinajstić information content (AvgIpc) is 3.14. The van der Waals surface area contributed by atoms with Crippen LogP contribution in [0, 0.1) is 11.8 Å². The Bertz CT molecular complexity index is 747. The lowest BCUT2D eigenvalue weighted by molar-refractivity contribution is -0.135. The largest absolute Gasteiger partial charge is 0.343 e. The summed E-state index contributed by atoms with van der Waals surface area (Å²) in [6, 6.07) is 0. The predicted octanol–water partition coefficient (Wildman–Crippen LogP) is 14.4. The van der Waals surface area contributed by atoms with Gasteiger partial charge in [0.05, 0.1) is 0 Å². The van der Waals surface area contributed by atoms with E-state index in [0.717, 1.165) is 71.1 Å². The maximum atomic E-state index is 13.5. The molecule has 0 saturated carbocycles. The standard InChI is InChI=1S/C47H90N2O2/c1-7-13-15-17-19-21-23-25-27-29-31-33-35-37-40-44(46(50)48(9-3)10-4)42-39-43-45(47(51)49(11-5)12-6)41-38-36-34-32-30-28-26-24-22-20-18-16-14-8-2/h25-28,44-45H,7-24,29-43H2,1-6H3/b27-25-,28-26-. The molecule has 2 atom stereocenters. The van der Waals surface area contributed by atoms with Gasteiger partial charge in [-0.3, -0.25) is 9.59 Å². The zero-order valence-electron chi connectivity index (χ0n) is 35.5. The van der Waals surface area contributed by atoms with Gasteiger partial charge in [0.1, 0.15) is 0 Å². The van der Waals surface area contributed by atoms with Crippen molar-refractivity contribution in [2.45, 2.75) is 228 Å². The Balaban J connectivity index is 4.66. The highest BCUT2D eigenvalue weighted by atomic mass is 16.2. The van der Waals surface area contributed by atoms with Crippen LogP contribution in [-0.4, -0.2) is 47.8 Å². The van der Waals surface area contributed by atoms with E-state index in [9.17, 15) is 9.59 Å². The average molecular weight is 715 g/mol. The Labute approximate surface area is 320 Å². The minimum Gasteiger partial charge on any atom is -0.343 e. The Morgan fingerprint density at radius 3 is 0.902 bits per heavy atom. The number of allylic oxidation sites excluding steroid dienone is 4. The van der Waals surface area contributed by atoms with Gasteiger partial charge in [-0.2, -0.15) is 0 Å². The molecule has 4 heteroatoms. The summed E-state index contributed by atoms with van der Waals surface area (Å²) < 4.78 is 0. The number of unbranched alkanes of at least 4 members (excludes halogenated alkanes) is 20. The number of nitrogens with zero attached hydrogens (tertiary/aromatic N) is 2. The maximum absolute atomic E-state index is 13.5. The van der Waals surface area contributed by atoms with E-state index in [1.165, 1.54) is 141 Å². The molecule has 0 rings (SSSR count). The lowest BCUT2D eigenvalue weighted by atomic mass is 9.88. The fourth-order valence-electron chi connectivity index (χ4n) is 7.55. The molecule has 2 amide bonds. The maximum Gasteiger partial charge on any atom is 0.225 e. The van der Waals surface area contributed by atoms with Gasteiger partial charge in [-0.05, 0) is 105 Å². The number of rotatable bonds is 38. The smallest absolute Gasteiger partial charge is 0.225 e. The molecule has 0 fully saturated rings. The number of amides is 2. The molecule has 300 valence electrons. The van der Waals surface area contributed by atoms with Gasteiger partial charge in [-0.1, -0.05) is 147 Å². The van der Waals surface area contributed by atoms with Crippen LogP contribution in [0.3, 0.4) is 0 Å². The summed E-state index contributed by atoms with van der Waals surface area (Å²) in [5.74, 6) is 0.872. The van der Waals surface area contributed by atoms with Gasteiger partial charge < -0.3 is 9.80 Å². The topological polar surface area (TPSA) is 40.6 Å². The van der Waals surface area contributed by atoms with E-state index >= 15 is 0 Å². The van der Waals surface area contributed by atoms with E-state index in [-0.39, 0.29) is 11.8 Å². The van der Waals surface area contributed by atoms with Gasteiger partial charge in [0.2, 0.25) is 11.8 Å². The van der Waals surface area contributed by atoms with E-state index in [1.807, 2.05) is 9.80 Å². The van der Waals surface area contributed by atoms with Crippen LogP contribution in [0.1, 0.15) is 228 Å². The summed E-state index contributed by atoms with van der Waals surface area (Å²) in [4.78, 5) is 31.1. The third-order valence-electron chi connectivity index (χ3n) is 11.1. The van der Waals surface area contributed by atoms with Crippen LogP contribution < -0.4 is 0 Å². The van der Waals surface area contributed by atoms with E-state index < -0.39 is 0 Å². The first-order valence-corrected chi connectivity index (χ1v) is 22.9. The Morgan fingerprint density at radius 1 is 0.353 bits per heavy atom. The van der Waals surface area contributed by atoms with Crippen molar-refractivity contribution in [1.82, 2.24) is 9.80 Å². The van der Waals surface area contributed by atoms with Gasteiger partial charge in [-0.15, -0.1) is 0 Å². The molecular formula is C47H90N2O2. The van der Waals surface area contributed by atoms with Crippen molar-refractivity contribution in [3.8, 4) is 0 Å². The summed E-state index contributed by atoms with van der Waals surface area (Å²) >= 11 is 0. The second kappa shape index (κ2) is 38.2. The molecule has 0 saturated heterocycles. The third kappa shape index (κ3) is 28.6. The summed E-state index contributed by atoms with van der Waals surface area (Å²) in [6.07, 6.45) is 45.4. The van der Waals surface area contributed by atoms with Gasteiger partial charge >= 0.3 is 0 Å². The molecule has 0 aliphatic heterocycles. The molecule has 0 aromatic carbocycles. The predicted molar refractivity (Wildman–Crippen MR) is 226 cm³/mol. The zero-order chi connectivity index (χ0) is 37.6. The zero-order valence-corrected chi connectivity index (χ0v) is 35.5. The van der Waals surface area contributed by atoms with Crippen LogP contribution in [0.5, 0.6) is 0 Å². The van der Waals surface area contributed by atoms with Crippen LogP contribution >= 0.6 is 0 Å². The molecule has 2 unspecified atom stereocenters. The Morgan fingerprint density at radius 2 is 0.608 bits per heavy atom. The van der Waals surface area contributed by atoms with Crippen molar-refractivity contribution in [2.75, 3.05) is 26.2 Å². The first kappa shape index (κ1) is 49.4. The van der Waals surface area contributed by atoms with Crippen molar-refractivity contribution in [1.29, 1.82) is 0 Å². The Kier molecular flexibility index (Phi) is 37.0. The van der Waals surface area contributed by atoms with Crippen molar-refractivity contribution in [3.05, 3.63) is 24.3 Å². The van der Waals surface area contributed by atoms with Crippen molar-refractivity contribution in [2.24, 2.45) is 11.8 Å². The minimum atomic E-state index is 0.0976. The fraction of sp³-hybridized carbons (Fsp3) is 0.872. The van der Waals surface area contributed by atoms with Crippen molar-refractivity contribution >= 4 is 11.8 Å². The van der Waals surface area contributed by atoms with E-state index in [4.69, 9.17) is 0 Å². The molecule has 0 aromatic heterocycles. The number of hydrogen-bond donors (Lipinski definition) is 0. The molecule has 0 aliphatic rings. The normalized spacial score (nSPS) is 13.0. The molecule has 0 spiro atoms. The summed E-state index contributed by atoms with van der Waals surface area (Å²) in [7, 11) is 0. The highest BCUT2D eigenvalue weighted by Crippen LogP contribution is 2.25. The molecule has 0 heterocycles. The van der Waals surface area contributed by atoms with Crippen LogP contribution in [0.2, 0.25) is 0 Å². The van der Waals surface area contributed by atoms with Crippen LogP contribution in [-0.2, 0) is 9.59 Å². The molecule has 0 bridgehead atoms. The third-order valence-corrected chi connectivity index (χ3v) is 11.1. The van der Waals surface area contributed by atoms with Crippen molar-refractivity contribution in [3.63, 3.8) is 0 Å². The minimum absolute atomic E-state index is 0.0976. The lowest BCUT2D eigenvalue weighted by Gasteiger charge is -2.27. The molecule has 0 N–H and O–H groups in total. The number of hydrogen-bond acceptors (Lipinski definition) is 2. The fourth-order valence-corrected chi connectivity index (χ4v) is 7.55. The highest BCUT2D eigenvalue weighted by molar-refractivity contribution is 5.79. The molecule has 0 aliphatic carbocycles. The summed E-state index contributed by atoms with van der Waals surface area (Å²) in [6.45, 7) is 16.1. The first-order valence-electron chi connectivity index (χ1n) is 22.9. The molecule has 0 radical (unpaired) electrons. The lowest BCUT2D eigenvalue weighted by Crippen LogP contribution is -2.37.